The van der Waals surface area contributed by atoms with Gasteiger partial charge < -0.3 is 4.79 Å². The van der Waals surface area contributed by atoms with E-state index < -0.39 is 17.7 Å². The molecule has 1 rings (SSSR count). The zero-order chi connectivity index (χ0) is 11.5. The fraction of sp³-hybridized carbons (Fsp3) is 0.300. The number of rotatable bonds is 3. The predicted molar refractivity (Wildman–Crippen MR) is 54.0 cm³/mol. The van der Waals surface area contributed by atoms with Gasteiger partial charge >= 0.3 is 6.18 Å². The van der Waals surface area contributed by atoms with Crippen molar-refractivity contribution in [3.63, 3.8) is 0 Å². The first-order valence-corrected chi connectivity index (χ1v) is 5.29. The molecule has 0 amide bonds. The van der Waals surface area contributed by atoms with Crippen molar-refractivity contribution in [2.45, 2.75) is 12.1 Å². The molecule has 0 bridgehead atoms. The summed E-state index contributed by atoms with van der Waals surface area (Å²) in [4.78, 5) is 10.6. The largest absolute Gasteiger partial charge is 0.416 e. The molecule has 1 aromatic carbocycles. The number of benzene rings is 1. The van der Waals surface area contributed by atoms with E-state index in [1.165, 1.54) is 12.1 Å². The molecule has 15 heavy (non-hydrogen) atoms. The molecule has 0 spiro atoms. The molecule has 0 fully saturated rings. The van der Waals surface area contributed by atoms with E-state index >= 15 is 0 Å². The Morgan fingerprint density at radius 2 is 1.80 bits per heavy atom. The Balaban J connectivity index is 2.94. The van der Waals surface area contributed by atoms with Crippen molar-refractivity contribution in [2.24, 2.45) is 0 Å². The van der Waals surface area contributed by atoms with Crippen molar-refractivity contribution >= 4 is 22.2 Å². The molecule has 1 atom stereocenters. The van der Waals surface area contributed by atoms with E-state index in [0.29, 0.717) is 17.2 Å². The monoisotopic (exact) mass is 280 g/mol. The van der Waals surface area contributed by atoms with Gasteiger partial charge in [-0.1, -0.05) is 28.1 Å². The number of hydrogen-bond donors (Lipinski definition) is 0. The van der Waals surface area contributed by atoms with Crippen LogP contribution in [0.25, 0.3) is 0 Å². The average molecular weight is 281 g/mol. The molecule has 1 unspecified atom stereocenters. The Morgan fingerprint density at radius 1 is 1.27 bits per heavy atom. The van der Waals surface area contributed by atoms with Gasteiger partial charge in [0.15, 0.2) is 0 Å². The summed E-state index contributed by atoms with van der Waals surface area (Å²) in [6, 6.07) is 4.61. The molecule has 0 N–H and O–H groups in total. The van der Waals surface area contributed by atoms with Gasteiger partial charge in [0, 0.05) is 11.2 Å². The summed E-state index contributed by atoms with van der Waals surface area (Å²) in [6.45, 7) is 0. The zero-order valence-corrected chi connectivity index (χ0v) is 9.18. The average Bonchev–Trinajstić information content (AvgIpc) is 2.19. The smallest absolute Gasteiger partial charge is 0.303 e. The Morgan fingerprint density at radius 3 is 2.13 bits per heavy atom. The third-order valence-electron chi connectivity index (χ3n) is 2.00. The van der Waals surface area contributed by atoms with E-state index in [1.807, 2.05) is 0 Å². The number of aldehydes is 1. The molecule has 0 heterocycles. The maximum atomic E-state index is 12.2. The van der Waals surface area contributed by atoms with E-state index in [1.54, 1.807) is 0 Å². The highest BCUT2D eigenvalue weighted by molar-refractivity contribution is 9.09. The SMILES string of the molecule is O=CC(CBr)c1ccc(C(F)(F)F)cc1. The molecule has 0 aliphatic rings. The van der Waals surface area contributed by atoms with Crippen LogP contribution >= 0.6 is 15.9 Å². The van der Waals surface area contributed by atoms with E-state index in [-0.39, 0.29) is 0 Å². The first-order chi connectivity index (χ1) is 6.99. The molecule has 0 aliphatic carbocycles. The van der Waals surface area contributed by atoms with Gasteiger partial charge in [-0.15, -0.1) is 0 Å². The van der Waals surface area contributed by atoms with Gasteiger partial charge in [-0.3, -0.25) is 0 Å². The minimum atomic E-state index is -4.33. The number of alkyl halides is 4. The maximum absolute atomic E-state index is 12.2. The van der Waals surface area contributed by atoms with Gasteiger partial charge in [0.1, 0.15) is 6.29 Å². The Bertz CT molecular complexity index is 332. The lowest BCUT2D eigenvalue weighted by molar-refractivity contribution is -0.137. The fourth-order valence-electron chi connectivity index (χ4n) is 1.12. The molecule has 0 saturated carbocycles. The molecule has 1 nitrogen and oxygen atoms in total. The second-order valence-electron chi connectivity index (χ2n) is 3.02. The van der Waals surface area contributed by atoms with Crippen LogP contribution in [-0.4, -0.2) is 11.6 Å². The summed E-state index contributed by atoms with van der Waals surface area (Å²) in [5.74, 6) is -0.396. The van der Waals surface area contributed by atoms with Crippen molar-refractivity contribution < 1.29 is 18.0 Å². The quantitative estimate of drug-likeness (QED) is 0.613. The molecular weight excluding hydrogens is 273 g/mol. The molecule has 0 saturated heterocycles. The first-order valence-electron chi connectivity index (χ1n) is 4.17. The topological polar surface area (TPSA) is 17.1 Å². The molecule has 0 aliphatic heterocycles. The number of halogens is 4. The van der Waals surface area contributed by atoms with Crippen LogP contribution in [-0.2, 0) is 11.0 Å². The highest BCUT2D eigenvalue weighted by Gasteiger charge is 2.30. The normalized spacial score (nSPS) is 13.6. The highest BCUT2D eigenvalue weighted by atomic mass is 79.9. The number of carbonyl (C=O) groups excluding carboxylic acids is 1. The van der Waals surface area contributed by atoms with Crippen molar-refractivity contribution in [3.8, 4) is 0 Å². The lowest BCUT2D eigenvalue weighted by Crippen LogP contribution is -2.06. The van der Waals surface area contributed by atoms with Crippen molar-refractivity contribution in [1.29, 1.82) is 0 Å². The number of hydrogen-bond acceptors (Lipinski definition) is 1. The second kappa shape index (κ2) is 4.79. The van der Waals surface area contributed by atoms with Crippen LogP contribution in [0.4, 0.5) is 13.2 Å². The van der Waals surface area contributed by atoms with Crippen LogP contribution < -0.4 is 0 Å². The second-order valence-corrected chi connectivity index (χ2v) is 3.66. The summed E-state index contributed by atoms with van der Waals surface area (Å²) in [7, 11) is 0. The van der Waals surface area contributed by atoms with Crippen molar-refractivity contribution in [3.05, 3.63) is 35.4 Å². The van der Waals surface area contributed by atoms with E-state index in [2.05, 4.69) is 15.9 Å². The molecule has 0 radical (unpaired) electrons. The Labute approximate surface area is 93.4 Å². The fourth-order valence-corrected chi connectivity index (χ4v) is 1.65. The third-order valence-corrected chi connectivity index (χ3v) is 2.69. The molecule has 0 aromatic heterocycles. The summed E-state index contributed by atoms with van der Waals surface area (Å²) in [5, 5.41) is 0.405. The lowest BCUT2D eigenvalue weighted by Gasteiger charge is -2.09. The Hall–Kier alpha value is -0.840. The minimum Gasteiger partial charge on any atom is -0.303 e. The minimum absolute atomic E-state index is 0.396. The predicted octanol–water partition coefficient (Wildman–Crippen LogP) is 3.38. The van der Waals surface area contributed by atoms with Gasteiger partial charge in [0.05, 0.1) is 5.56 Å². The van der Waals surface area contributed by atoms with Crippen LogP contribution in [0.2, 0.25) is 0 Å². The highest BCUT2D eigenvalue weighted by Crippen LogP contribution is 2.30. The van der Waals surface area contributed by atoms with E-state index in [4.69, 9.17) is 0 Å². The van der Waals surface area contributed by atoms with Crippen LogP contribution in [0, 0.1) is 0 Å². The van der Waals surface area contributed by atoms with Gasteiger partial charge in [-0.25, -0.2) is 0 Å². The van der Waals surface area contributed by atoms with E-state index in [9.17, 15) is 18.0 Å². The van der Waals surface area contributed by atoms with E-state index in [0.717, 1.165) is 12.1 Å². The molecule has 5 heteroatoms. The number of carbonyl (C=O) groups is 1. The molecule has 1 aromatic rings. The van der Waals surface area contributed by atoms with Crippen LogP contribution in [0.15, 0.2) is 24.3 Å². The van der Waals surface area contributed by atoms with Crippen molar-refractivity contribution in [2.75, 3.05) is 5.33 Å². The molecule has 82 valence electrons. The third kappa shape index (κ3) is 3.06. The van der Waals surface area contributed by atoms with Crippen LogP contribution in [0.3, 0.4) is 0 Å². The standard InChI is InChI=1S/C10H8BrF3O/c11-5-8(6-15)7-1-3-9(4-2-7)10(12,13)14/h1-4,6,8H,5H2. The summed E-state index contributed by atoms with van der Waals surface area (Å²) in [6.07, 6.45) is -3.62. The molecular formula is C10H8BrF3O. The summed E-state index contributed by atoms with van der Waals surface area (Å²) in [5.41, 5.74) is -0.125. The van der Waals surface area contributed by atoms with Crippen molar-refractivity contribution in [1.82, 2.24) is 0 Å². The summed E-state index contributed by atoms with van der Waals surface area (Å²) >= 11 is 3.12. The lowest BCUT2D eigenvalue weighted by atomic mass is 10.0. The van der Waals surface area contributed by atoms with Crippen LogP contribution in [0.5, 0.6) is 0 Å². The van der Waals surface area contributed by atoms with Gasteiger partial charge in [-0.2, -0.15) is 13.2 Å². The maximum Gasteiger partial charge on any atom is 0.416 e. The van der Waals surface area contributed by atoms with Gasteiger partial charge in [0.2, 0.25) is 0 Å². The summed E-state index contributed by atoms with van der Waals surface area (Å²) < 4.78 is 36.6. The first kappa shape index (κ1) is 12.2. The Kier molecular flexibility index (Phi) is 3.90. The van der Waals surface area contributed by atoms with Gasteiger partial charge in [0.25, 0.3) is 0 Å². The van der Waals surface area contributed by atoms with Gasteiger partial charge in [-0.05, 0) is 17.7 Å². The van der Waals surface area contributed by atoms with Crippen LogP contribution in [0.1, 0.15) is 17.0 Å². The zero-order valence-electron chi connectivity index (χ0n) is 7.59.